The van der Waals surface area contributed by atoms with Gasteiger partial charge in [0.1, 0.15) is 0 Å². The van der Waals surface area contributed by atoms with Crippen molar-refractivity contribution in [3.63, 3.8) is 0 Å². The molecular formula is C11H18N4O2. The molecule has 0 unspecified atom stereocenters. The normalized spacial score (nSPS) is 16.6. The molecule has 0 radical (unpaired) electrons. The highest BCUT2D eigenvalue weighted by Crippen LogP contribution is 2.09. The molecule has 2 heterocycles. The molecule has 1 aromatic heterocycles. The molecule has 2 rings (SSSR count). The standard InChI is InChI=1S/C11H18N4O2/c1-9-13-10(14-17-9)8-12-11(16)15-6-4-2-3-5-7-15/h2-8H2,1H3,(H,12,16). The Hall–Kier alpha value is -1.59. The van der Waals surface area contributed by atoms with Gasteiger partial charge in [-0.05, 0) is 12.8 Å². The topological polar surface area (TPSA) is 71.3 Å². The molecule has 1 N–H and O–H groups in total. The maximum absolute atomic E-state index is 11.9. The number of hydrogen-bond acceptors (Lipinski definition) is 4. The number of nitrogens with zero attached hydrogens (tertiary/aromatic N) is 3. The summed E-state index contributed by atoms with van der Waals surface area (Å²) in [6, 6.07) is -0.0330. The van der Waals surface area contributed by atoms with Crippen LogP contribution in [0.15, 0.2) is 4.52 Å². The fourth-order valence-corrected chi connectivity index (χ4v) is 1.95. The van der Waals surface area contributed by atoms with Crippen LogP contribution in [0.4, 0.5) is 4.79 Å². The Kier molecular flexibility index (Phi) is 3.95. The van der Waals surface area contributed by atoms with Crippen LogP contribution in [-0.4, -0.2) is 34.2 Å². The second-order valence-corrected chi connectivity index (χ2v) is 4.29. The predicted molar refractivity (Wildman–Crippen MR) is 61.3 cm³/mol. The zero-order valence-corrected chi connectivity index (χ0v) is 10.1. The van der Waals surface area contributed by atoms with Crippen LogP contribution in [0.2, 0.25) is 0 Å². The summed E-state index contributed by atoms with van der Waals surface area (Å²) in [6.07, 6.45) is 4.62. The fraction of sp³-hybridized carbons (Fsp3) is 0.727. The number of carbonyl (C=O) groups excluding carboxylic acids is 1. The summed E-state index contributed by atoms with van der Waals surface area (Å²) >= 11 is 0. The highest BCUT2D eigenvalue weighted by molar-refractivity contribution is 5.74. The summed E-state index contributed by atoms with van der Waals surface area (Å²) in [5.41, 5.74) is 0. The van der Waals surface area contributed by atoms with Crippen molar-refractivity contribution >= 4 is 6.03 Å². The van der Waals surface area contributed by atoms with Gasteiger partial charge >= 0.3 is 6.03 Å². The van der Waals surface area contributed by atoms with Crippen molar-refractivity contribution in [2.24, 2.45) is 0 Å². The number of aryl methyl sites for hydroxylation is 1. The molecule has 0 aliphatic carbocycles. The molecule has 0 saturated carbocycles. The third-order valence-corrected chi connectivity index (χ3v) is 2.86. The molecule has 94 valence electrons. The summed E-state index contributed by atoms with van der Waals surface area (Å²) in [6.45, 7) is 3.74. The van der Waals surface area contributed by atoms with Crippen molar-refractivity contribution in [3.05, 3.63) is 11.7 Å². The molecule has 2 amide bonds. The van der Waals surface area contributed by atoms with Crippen LogP contribution in [0.25, 0.3) is 0 Å². The molecule has 0 aromatic carbocycles. The van der Waals surface area contributed by atoms with Crippen molar-refractivity contribution in [2.45, 2.75) is 39.2 Å². The monoisotopic (exact) mass is 238 g/mol. The van der Waals surface area contributed by atoms with E-state index in [2.05, 4.69) is 15.5 Å². The van der Waals surface area contributed by atoms with E-state index in [0.29, 0.717) is 18.3 Å². The lowest BCUT2D eigenvalue weighted by Crippen LogP contribution is -2.40. The van der Waals surface area contributed by atoms with Crippen LogP contribution in [0.1, 0.15) is 37.4 Å². The third-order valence-electron chi connectivity index (χ3n) is 2.86. The van der Waals surface area contributed by atoms with Crippen LogP contribution >= 0.6 is 0 Å². The van der Waals surface area contributed by atoms with Gasteiger partial charge in [-0.3, -0.25) is 0 Å². The number of amides is 2. The van der Waals surface area contributed by atoms with E-state index in [0.717, 1.165) is 25.9 Å². The molecule has 0 atom stereocenters. The van der Waals surface area contributed by atoms with Crippen LogP contribution < -0.4 is 5.32 Å². The highest BCUT2D eigenvalue weighted by atomic mass is 16.5. The van der Waals surface area contributed by atoms with E-state index in [-0.39, 0.29) is 6.03 Å². The molecule has 1 aliphatic heterocycles. The molecule has 6 heteroatoms. The van der Waals surface area contributed by atoms with Gasteiger partial charge in [-0.1, -0.05) is 18.0 Å². The van der Waals surface area contributed by atoms with Gasteiger partial charge < -0.3 is 14.7 Å². The lowest BCUT2D eigenvalue weighted by atomic mass is 10.2. The summed E-state index contributed by atoms with van der Waals surface area (Å²) in [4.78, 5) is 17.8. The molecule has 1 aliphatic rings. The second kappa shape index (κ2) is 5.65. The average molecular weight is 238 g/mol. The molecule has 17 heavy (non-hydrogen) atoms. The SMILES string of the molecule is Cc1nc(CNC(=O)N2CCCCCC2)no1. The summed E-state index contributed by atoms with van der Waals surface area (Å²) in [7, 11) is 0. The van der Waals surface area contributed by atoms with E-state index >= 15 is 0 Å². The number of nitrogens with one attached hydrogen (secondary N) is 1. The Bertz CT molecular complexity index is 369. The van der Waals surface area contributed by atoms with Gasteiger partial charge in [0, 0.05) is 20.0 Å². The van der Waals surface area contributed by atoms with Crippen LogP contribution in [0, 0.1) is 6.92 Å². The second-order valence-electron chi connectivity index (χ2n) is 4.29. The van der Waals surface area contributed by atoms with E-state index in [9.17, 15) is 4.79 Å². The lowest BCUT2D eigenvalue weighted by Gasteiger charge is -2.20. The first-order valence-corrected chi connectivity index (χ1v) is 6.07. The van der Waals surface area contributed by atoms with Gasteiger partial charge in [-0.2, -0.15) is 4.98 Å². The largest absolute Gasteiger partial charge is 0.340 e. The van der Waals surface area contributed by atoms with E-state index in [4.69, 9.17) is 4.52 Å². The first kappa shape index (κ1) is 11.9. The van der Waals surface area contributed by atoms with E-state index in [1.807, 2.05) is 4.90 Å². The van der Waals surface area contributed by atoms with Crippen LogP contribution in [-0.2, 0) is 6.54 Å². The first-order valence-electron chi connectivity index (χ1n) is 6.07. The van der Waals surface area contributed by atoms with Gasteiger partial charge in [0.05, 0.1) is 6.54 Å². The lowest BCUT2D eigenvalue weighted by molar-refractivity contribution is 0.199. The number of hydrogen-bond donors (Lipinski definition) is 1. The molecule has 0 bridgehead atoms. The molecule has 1 fully saturated rings. The van der Waals surface area contributed by atoms with Crippen LogP contribution in [0.5, 0.6) is 0 Å². The zero-order chi connectivity index (χ0) is 12.1. The van der Waals surface area contributed by atoms with Gasteiger partial charge in [0.25, 0.3) is 0 Å². The van der Waals surface area contributed by atoms with Crippen molar-refractivity contribution in [2.75, 3.05) is 13.1 Å². The Morgan fingerprint density at radius 1 is 1.35 bits per heavy atom. The summed E-state index contributed by atoms with van der Waals surface area (Å²) < 4.78 is 4.84. The number of likely N-dealkylation sites (tertiary alicyclic amines) is 1. The van der Waals surface area contributed by atoms with Crippen LogP contribution in [0.3, 0.4) is 0 Å². The summed E-state index contributed by atoms with van der Waals surface area (Å²) in [5, 5.41) is 6.54. The number of aromatic nitrogens is 2. The summed E-state index contributed by atoms with van der Waals surface area (Å²) in [5.74, 6) is 1.04. The highest BCUT2D eigenvalue weighted by Gasteiger charge is 2.15. The number of rotatable bonds is 2. The minimum absolute atomic E-state index is 0.0330. The number of carbonyl (C=O) groups is 1. The van der Waals surface area contributed by atoms with E-state index < -0.39 is 0 Å². The maximum Gasteiger partial charge on any atom is 0.317 e. The molecule has 0 spiro atoms. The van der Waals surface area contributed by atoms with Crippen molar-refractivity contribution in [1.29, 1.82) is 0 Å². The smallest absolute Gasteiger partial charge is 0.317 e. The van der Waals surface area contributed by atoms with Crippen molar-refractivity contribution in [1.82, 2.24) is 20.4 Å². The Morgan fingerprint density at radius 2 is 2.06 bits per heavy atom. The Balaban J connectivity index is 1.79. The van der Waals surface area contributed by atoms with E-state index in [1.165, 1.54) is 12.8 Å². The maximum atomic E-state index is 11.9. The molecule has 1 aromatic rings. The van der Waals surface area contributed by atoms with Crippen molar-refractivity contribution in [3.8, 4) is 0 Å². The molecular weight excluding hydrogens is 220 g/mol. The molecule has 6 nitrogen and oxygen atoms in total. The predicted octanol–water partition coefficient (Wildman–Crippen LogP) is 1.46. The third kappa shape index (κ3) is 3.44. The average Bonchev–Trinajstić information content (AvgIpc) is 2.58. The van der Waals surface area contributed by atoms with Gasteiger partial charge in [-0.15, -0.1) is 0 Å². The Labute approximate surface area is 100 Å². The zero-order valence-electron chi connectivity index (χ0n) is 10.1. The van der Waals surface area contributed by atoms with Crippen molar-refractivity contribution < 1.29 is 9.32 Å². The minimum Gasteiger partial charge on any atom is -0.340 e. The minimum atomic E-state index is -0.0330. The quantitative estimate of drug-likeness (QED) is 0.846. The van der Waals surface area contributed by atoms with E-state index in [1.54, 1.807) is 6.92 Å². The Morgan fingerprint density at radius 3 is 2.65 bits per heavy atom. The fourth-order valence-electron chi connectivity index (χ4n) is 1.95. The first-order chi connectivity index (χ1) is 8.25. The molecule has 1 saturated heterocycles. The van der Waals surface area contributed by atoms with Gasteiger partial charge in [-0.25, -0.2) is 4.79 Å². The van der Waals surface area contributed by atoms with Gasteiger partial charge in [0.2, 0.25) is 5.89 Å². The van der Waals surface area contributed by atoms with Gasteiger partial charge in [0.15, 0.2) is 5.82 Å². The number of urea groups is 1.